The van der Waals surface area contributed by atoms with Gasteiger partial charge in [0.25, 0.3) is 0 Å². The van der Waals surface area contributed by atoms with Crippen LogP contribution in [0.25, 0.3) is 0 Å². The molecule has 0 saturated carbocycles. The Morgan fingerprint density at radius 1 is 1.24 bits per heavy atom. The summed E-state index contributed by atoms with van der Waals surface area (Å²) in [4.78, 5) is 6.10. The molecule has 2 rings (SSSR count). The summed E-state index contributed by atoms with van der Waals surface area (Å²) in [7, 11) is -3.13. The molecule has 1 unspecified atom stereocenters. The molecule has 0 aliphatic rings. The predicted octanol–water partition coefficient (Wildman–Crippen LogP) is 3.01. The van der Waals surface area contributed by atoms with Gasteiger partial charge >= 0.3 is 0 Å². The molecule has 0 amide bonds. The second kappa shape index (κ2) is 6.25. The van der Waals surface area contributed by atoms with Gasteiger partial charge in [-0.2, -0.15) is 0 Å². The first-order valence-electron chi connectivity index (χ1n) is 6.73. The molecular weight excluding hydrogens is 304 g/mol. The van der Waals surface area contributed by atoms with Gasteiger partial charge in [-0.3, -0.25) is 0 Å². The lowest BCUT2D eigenvalue weighted by Crippen LogP contribution is -2.18. The molecule has 0 spiro atoms. The minimum Gasteiger partial charge on any atom is -0.304 e. The SMILES string of the molecule is Cc1nc(CNC(C)c2ccc(S(C)(=O)=O)cc2)sc1C. The molecule has 1 aromatic carbocycles. The quantitative estimate of drug-likeness (QED) is 0.918. The highest BCUT2D eigenvalue weighted by atomic mass is 32.2. The van der Waals surface area contributed by atoms with Crippen molar-refractivity contribution >= 4 is 21.2 Å². The van der Waals surface area contributed by atoms with Crippen molar-refractivity contribution < 1.29 is 8.42 Å². The van der Waals surface area contributed by atoms with Crippen LogP contribution in [0, 0.1) is 13.8 Å². The van der Waals surface area contributed by atoms with Crippen molar-refractivity contribution in [2.45, 2.75) is 38.3 Å². The molecule has 0 fully saturated rings. The lowest BCUT2D eigenvalue weighted by Gasteiger charge is -2.13. The average molecular weight is 324 g/mol. The van der Waals surface area contributed by atoms with Crippen molar-refractivity contribution in [2.75, 3.05) is 6.26 Å². The summed E-state index contributed by atoms with van der Waals surface area (Å²) in [5, 5.41) is 4.49. The van der Waals surface area contributed by atoms with E-state index in [1.165, 1.54) is 11.1 Å². The second-order valence-electron chi connectivity index (χ2n) is 5.19. The standard InChI is InChI=1S/C15H20N2O2S2/c1-10-12(3)20-15(17-10)9-16-11(2)13-5-7-14(8-6-13)21(4,18)19/h5-8,11,16H,9H2,1-4H3. The Balaban J connectivity index is 2.01. The summed E-state index contributed by atoms with van der Waals surface area (Å²) < 4.78 is 22.9. The van der Waals surface area contributed by atoms with Crippen molar-refractivity contribution in [3.8, 4) is 0 Å². The molecule has 0 saturated heterocycles. The van der Waals surface area contributed by atoms with E-state index in [1.807, 2.05) is 19.1 Å². The van der Waals surface area contributed by atoms with Crippen molar-refractivity contribution in [1.29, 1.82) is 0 Å². The van der Waals surface area contributed by atoms with Crippen LogP contribution in [0.5, 0.6) is 0 Å². The molecule has 21 heavy (non-hydrogen) atoms. The van der Waals surface area contributed by atoms with Gasteiger partial charge in [0.1, 0.15) is 5.01 Å². The zero-order valence-corrected chi connectivity index (χ0v) is 14.3. The van der Waals surface area contributed by atoms with E-state index in [9.17, 15) is 8.42 Å². The van der Waals surface area contributed by atoms with Crippen LogP contribution in [0.1, 0.15) is 34.1 Å². The highest BCUT2D eigenvalue weighted by Gasteiger charge is 2.10. The zero-order valence-electron chi connectivity index (χ0n) is 12.7. The highest BCUT2D eigenvalue weighted by molar-refractivity contribution is 7.90. The molecule has 4 nitrogen and oxygen atoms in total. The fourth-order valence-electron chi connectivity index (χ4n) is 1.98. The summed E-state index contributed by atoms with van der Waals surface area (Å²) >= 11 is 1.70. The molecule has 2 aromatic rings. The first kappa shape index (κ1) is 16.1. The van der Waals surface area contributed by atoms with Crippen LogP contribution < -0.4 is 5.32 Å². The van der Waals surface area contributed by atoms with E-state index in [2.05, 4.69) is 24.1 Å². The summed E-state index contributed by atoms with van der Waals surface area (Å²) in [6.45, 7) is 6.86. The van der Waals surface area contributed by atoms with Gasteiger partial charge in [0.15, 0.2) is 9.84 Å². The number of rotatable bonds is 5. The Labute approximate surface area is 130 Å². The number of hydrogen-bond acceptors (Lipinski definition) is 5. The van der Waals surface area contributed by atoms with Crippen LogP contribution in [-0.4, -0.2) is 19.7 Å². The van der Waals surface area contributed by atoms with Crippen LogP contribution in [0.3, 0.4) is 0 Å². The van der Waals surface area contributed by atoms with Gasteiger partial charge in [0.2, 0.25) is 0 Å². The third-order valence-corrected chi connectivity index (χ3v) is 5.64. The molecule has 1 atom stereocenters. The lowest BCUT2D eigenvalue weighted by atomic mass is 10.1. The maximum Gasteiger partial charge on any atom is 0.175 e. The molecule has 1 heterocycles. The zero-order chi connectivity index (χ0) is 15.6. The number of sulfone groups is 1. The van der Waals surface area contributed by atoms with E-state index in [1.54, 1.807) is 23.5 Å². The monoisotopic (exact) mass is 324 g/mol. The topological polar surface area (TPSA) is 59.1 Å². The maximum atomic E-state index is 11.4. The van der Waals surface area contributed by atoms with Gasteiger partial charge in [-0.15, -0.1) is 11.3 Å². The van der Waals surface area contributed by atoms with E-state index in [-0.39, 0.29) is 6.04 Å². The van der Waals surface area contributed by atoms with E-state index in [4.69, 9.17) is 0 Å². The van der Waals surface area contributed by atoms with Crippen LogP contribution in [0.2, 0.25) is 0 Å². The van der Waals surface area contributed by atoms with E-state index in [0.29, 0.717) is 11.4 Å². The fraction of sp³-hybridized carbons (Fsp3) is 0.400. The van der Waals surface area contributed by atoms with Crippen molar-refractivity contribution in [2.24, 2.45) is 0 Å². The summed E-state index contributed by atoms with van der Waals surface area (Å²) in [5.74, 6) is 0. The van der Waals surface area contributed by atoms with Gasteiger partial charge in [-0.25, -0.2) is 13.4 Å². The van der Waals surface area contributed by atoms with Crippen LogP contribution >= 0.6 is 11.3 Å². The third-order valence-electron chi connectivity index (χ3n) is 3.44. The molecular formula is C15H20N2O2S2. The largest absolute Gasteiger partial charge is 0.304 e. The Bertz CT molecular complexity index is 699. The van der Waals surface area contributed by atoms with Gasteiger partial charge in [0, 0.05) is 23.7 Å². The number of nitrogens with zero attached hydrogens (tertiary/aromatic N) is 1. The normalized spacial score (nSPS) is 13.3. The van der Waals surface area contributed by atoms with Crippen molar-refractivity contribution in [3.63, 3.8) is 0 Å². The van der Waals surface area contributed by atoms with Crippen LogP contribution in [0.4, 0.5) is 0 Å². The third kappa shape index (κ3) is 4.12. The molecule has 6 heteroatoms. The smallest absolute Gasteiger partial charge is 0.175 e. The molecule has 114 valence electrons. The Hall–Kier alpha value is -1.24. The number of aromatic nitrogens is 1. The lowest BCUT2D eigenvalue weighted by molar-refractivity contribution is 0.572. The second-order valence-corrected chi connectivity index (χ2v) is 8.50. The van der Waals surface area contributed by atoms with Gasteiger partial charge in [0.05, 0.1) is 10.6 Å². The summed E-state index contributed by atoms with van der Waals surface area (Å²) in [6, 6.07) is 7.16. The minimum atomic E-state index is -3.13. The van der Waals surface area contributed by atoms with E-state index < -0.39 is 9.84 Å². The average Bonchev–Trinajstić information content (AvgIpc) is 2.74. The van der Waals surface area contributed by atoms with E-state index in [0.717, 1.165) is 16.3 Å². The molecule has 0 bridgehead atoms. The number of aryl methyl sites for hydroxylation is 2. The van der Waals surface area contributed by atoms with Crippen LogP contribution in [0.15, 0.2) is 29.2 Å². The summed E-state index contributed by atoms with van der Waals surface area (Å²) in [6.07, 6.45) is 1.22. The number of nitrogens with one attached hydrogen (secondary N) is 1. The minimum absolute atomic E-state index is 0.142. The predicted molar refractivity (Wildman–Crippen MR) is 86.4 cm³/mol. The Morgan fingerprint density at radius 2 is 1.86 bits per heavy atom. The first-order valence-corrected chi connectivity index (χ1v) is 9.44. The van der Waals surface area contributed by atoms with Gasteiger partial charge in [-0.05, 0) is 38.5 Å². The number of thiazole rings is 1. The Kier molecular flexibility index (Phi) is 4.81. The first-order chi connectivity index (χ1) is 9.77. The van der Waals surface area contributed by atoms with Gasteiger partial charge in [-0.1, -0.05) is 12.1 Å². The van der Waals surface area contributed by atoms with Crippen molar-refractivity contribution in [3.05, 3.63) is 45.4 Å². The summed E-state index contributed by atoms with van der Waals surface area (Å²) in [5.41, 5.74) is 2.15. The van der Waals surface area contributed by atoms with Crippen LogP contribution in [-0.2, 0) is 16.4 Å². The fourth-order valence-corrected chi connectivity index (χ4v) is 3.49. The molecule has 0 radical (unpaired) electrons. The molecule has 1 aromatic heterocycles. The maximum absolute atomic E-state index is 11.4. The molecule has 0 aliphatic heterocycles. The molecule has 1 N–H and O–H groups in total. The molecule has 0 aliphatic carbocycles. The highest BCUT2D eigenvalue weighted by Crippen LogP contribution is 2.19. The van der Waals surface area contributed by atoms with Gasteiger partial charge < -0.3 is 5.32 Å². The van der Waals surface area contributed by atoms with Crippen molar-refractivity contribution in [1.82, 2.24) is 10.3 Å². The number of hydrogen-bond donors (Lipinski definition) is 1. The number of benzene rings is 1. The Morgan fingerprint density at radius 3 is 2.33 bits per heavy atom. The van der Waals surface area contributed by atoms with E-state index >= 15 is 0 Å².